The summed E-state index contributed by atoms with van der Waals surface area (Å²) < 4.78 is 0. The summed E-state index contributed by atoms with van der Waals surface area (Å²) in [5.74, 6) is 0.247. The zero-order valence-electron chi connectivity index (χ0n) is 8.93. The first-order valence-corrected chi connectivity index (χ1v) is 5.07. The molecule has 0 amide bonds. The third-order valence-corrected chi connectivity index (χ3v) is 2.85. The molecule has 2 rings (SSSR count). The minimum atomic E-state index is -0.446. The minimum Gasteiger partial charge on any atom is -0.394 e. The number of nitrogens with one attached hydrogen (secondary N) is 1. The number of hydrogen-bond donors (Lipinski definition) is 2. The molecule has 0 saturated heterocycles. The van der Waals surface area contributed by atoms with Gasteiger partial charge in [0.25, 0.3) is 0 Å². The average molecular weight is 223 g/mol. The molecule has 1 aromatic heterocycles. The Morgan fingerprint density at radius 1 is 1.69 bits per heavy atom. The number of aliphatic hydroxyl groups is 1. The lowest BCUT2D eigenvalue weighted by molar-refractivity contribution is -0.384. The topological polar surface area (TPSA) is 88.3 Å². The van der Waals surface area contributed by atoms with Crippen LogP contribution < -0.4 is 5.32 Å². The second-order valence-electron chi connectivity index (χ2n) is 4.15. The van der Waals surface area contributed by atoms with Crippen molar-refractivity contribution < 1.29 is 10.0 Å². The van der Waals surface area contributed by atoms with Crippen molar-refractivity contribution in [1.29, 1.82) is 0 Å². The number of nitrogens with zero attached hydrogens (tertiary/aromatic N) is 2. The van der Waals surface area contributed by atoms with Gasteiger partial charge in [-0.15, -0.1) is 0 Å². The highest BCUT2D eigenvalue weighted by Gasteiger charge is 2.43. The van der Waals surface area contributed by atoms with Gasteiger partial charge in [-0.05, 0) is 25.8 Å². The Bertz CT molecular complexity index is 429. The molecule has 0 aliphatic heterocycles. The Morgan fingerprint density at radius 2 is 2.38 bits per heavy atom. The lowest BCUT2D eigenvalue weighted by Gasteiger charge is -2.15. The first-order chi connectivity index (χ1) is 7.58. The number of aliphatic hydroxyl groups excluding tert-OH is 1. The molecule has 16 heavy (non-hydrogen) atoms. The number of nitro groups is 1. The molecule has 0 bridgehead atoms. The maximum atomic E-state index is 10.9. The molecular formula is C10H13N3O3. The molecule has 1 aliphatic carbocycles. The van der Waals surface area contributed by atoms with Crippen LogP contribution in [0.5, 0.6) is 0 Å². The number of aryl methyl sites for hydroxylation is 1. The van der Waals surface area contributed by atoms with Gasteiger partial charge in [0, 0.05) is 11.8 Å². The van der Waals surface area contributed by atoms with Crippen molar-refractivity contribution in [1.82, 2.24) is 4.98 Å². The van der Waals surface area contributed by atoms with Crippen LogP contribution in [0.15, 0.2) is 12.3 Å². The molecule has 0 unspecified atom stereocenters. The van der Waals surface area contributed by atoms with E-state index >= 15 is 0 Å². The summed E-state index contributed by atoms with van der Waals surface area (Å²) in [6, 6.07) is 1.60. The lowest BCUT2D eigenvalue weighted by Crippen LogP contribution is -2.26. The van der Waals surface area contributed by atoms with Crippen LogP contribution in [-0.4, -0.2) is 27.2 Å². The van der Waals surface area contributed by atoms with Crippen molar-refractivity contribution in [3.8, 4) is 0 Å². The first-order valence-electron chi connectivity index (χ1n) is 5.07. The molecule has 0 spiro atoms. The van der Waals surface area contributed by atoms with Crippen LogP contribution in [0.25, 0.3) is 0 Å². The first kappa shape index (κ1) is 10.8. The molecule has 1 aliphatic rings. The van der Waals surface area contributed by atoms with Crippen LogP contribution in [0.1, 0.15) is 18.4 Å². The molecule has 0 atom stereocenters. The molecule has 1 fully saturated rings. The summed E-state index contributed by atoms with van der Waals surface area (Å²) in [4.78, 5) is 14.4. The summed E-state index contributed by atoms with van der Waals surface area (Å²) in [5, 5.41) is 23.0. The normalized spacial score (nSPS) is 16.9. The minimum absolute atomic E-state index is 0.0118. The van der Waals surface area contributed by atoms with E-state index in [9.17, 15) is 10.1 Å². The van der Waals surface area contributed by atoms with Crippen LogP contribution in [-0.2, 0) is 0 Å². The monoisotopic (exact) mass is 223 g/mol. The van der Waals surface area contributed by atoms with Gasteiger partial charge in [0.1, 0.15) is 0 Å². The lowest BCUT2D eigenvalue weighted by atomic mass is 10.2. The van der Waals surface area contributed by atoms with E-state index < -0.39 is 10.5 Å². The van der Waals surface area contributed by atoms with Gasteiger partial charge >= 0.3 is 5.69 Å². The van der Waals surface area contributed by atoms with Crippen molar-refractivity contribution >= 4 is 11.5 Å². The van der Waals surface area contributed by atoms with E-state index in [-0.39, 0.29) is 18.1 Å². The van der Waals surface area contributed by atoms with Crippen molar-refractivity contribution in [2.75, 3.05) is 11.9 Å². The molecule has 6 heteroatoms. The van der Waals surface area contributed by atoms with Gasteiger partial charge in [0.05, 0.1) is 17.1 Å². The van der Waals surface area contributed by atoms with Gasteiger partial charge in [0.15, 0.2) is 0 Å². The van der Waals surface area contributed by atoms with Crippen LogP contribution in [0.3, 0.4) is 0 Å². The van der Waals surface area contributed by atoms with E-state index in [1.165, 1.54) is 6.20 Å². The zero-order valence-corrected chi connectivity index (χ0v) is 8.93. The highest BCUT2D eigenvalue weighted by molar-refractivity contribution is 5.61. The summed E-state index contributed by atoms with van der Waals surface area (Å²) in [5.41, 5.74) is 0.157. The summed E-state index contributed by atoms with van der Waals surface area (Å²) in [6.45, 7) is 1.64. The maximum absolute atomic E-state index is 10.9. The van der Waals surface area contributed by atoms with E-state index in [0.29, 0.717) is 5.56 Å². The predicted molar refractivity (Wildman–Crippen MR) is 58.3 cm³/mol. The van der Waals surface area contributed by atoms with Gasteiger partial charge in [-0.2, -0.15) is 0 Å². The quantitative estimate of drug-likeness (QED) is 0.592. The average Bonchev–Trinajstić information content (AvgIpc) is 2.98. The molecule has 0 aromatic carbocycles. The fourth-order valence-corrected chi connectivity index (χ4v) is 1.60. The maximum Gasteiger partial charge on any atom is 0.314 e. The molecular weight excluding hydrogens is 210 g/mol. The van der Waals surface area contributed by atoms with Crippen LogP contribution in [0, 0.1) is 17.0 Å². The summed E-state index contributed by atoms with van der Waals surface area (Å²) in [6.07, 6.45) is 3.16. The van der Waals surface area contributed by atoms with Gasteiger partial charge in [-0.3, -0.25) is 10.1 Å². The molecule has 1 heterocycles. The summed E-state index contributed by atoms with van der Waals surface area (Å²) >= 11 is 0. The second-order valence-corrected chi connectivity index (χ2v) is 4.15. The largest absolute Gasteiger partial charge is 0.394 e. The van der Waals surface area contributed by atoms with E-state index in [4.69, 9.17) is 5.11 Å². The molecule has 86 valence electrons. The Morgan fingerprint density at radius 3 is 2.88 bits per heavy atom. The van der Waals surface area contributed by atoms with E-state index in [1.807, 2.05) is 0 Å². The number of anilines is 1. The van der Waals surface area contributed by atoms with Crippen LogP contribution in [0.4, 0.5) is 11.5 Å². The number of pyridine rings is 1. The smallest absolute Gasteiger partial charge is 0.314 e. The highest BCUT2D eigenvalue weighted by Crippen LogP contribution is 2.40. The van der Waals surface area contributed by atoms with Crippen LogP contribution >= 0.6 is 0 Å². The van der Waals surface area contributed by atoms with Gasteiger partial charge in [0.2, 0.25) is 5.82 Å². The van der Waals surface area contributed by atoms with Gasteiger partial charge in [-0.25, -0.2) is 4.98 Å². The Labute approximate surface area is 92.5 Å². The third kappa shape index (κ3) is 1.83. The number of rotatable bonds is 4. The van der Waals surface area contributed by atoms with Gasteiger partial charge in [-0.1, -0.05) is 0 Å². The number of hydrogen-bond acceptors (Lipinski definition) is 5. The standard InChI is InChI=1S/C10H13N3O3/c1-7-2-5-11-9(8(7)13(15)16)12-10(6-14)3-4-10/h2,5,14H,3-4,6H2,1H3,(H,11,12). The van der Waals surface area contributed by atoms with E-state index in [0.717, 1.165) is 12.8 Å². The fraction of sp³-hybridized carbons (Fsp3) is 0.500. The Balaban J connectivity index is 2.33. The van der Waals surface area contributed by atoms with Gasteiger partial charge < -0.3 is 10.4 Å². The van der Waals surface area contributed by atoms with Crippen molar-refractivity contribution in [3.63, 3.8) is 0 Å². The van der Waals surface area contributed by atoms with Crippen LogP contribution in [0.2, 0.25) is 0 Å². The summed E-state index contributed by atoms with van der Waals surface area (Å²) in [7, 11) is 0. The SMILES string of the molecule is Cc1ccnc(NC2(CO)CC2)c1[N+](=O)[O-]. The molecule has 1 saturated carbocycles. The fourth-order valence-electron chi connectivity index (χ4n) is 1.60. The highest BCUT2D eigenvalue weighted by atomic mass is 16.6. The zero-order chi connectivity index (χ0) is 11.8. The second kappa shape index (κ2) is 3.71. The Kier molecular flexibility index (Phi) is 2.51. The molecule has 2 N–H and O–H groups in total. The van der Waals surface area contributed by atoms with E-state index in [2.05, 4.69) is 10.3 Å². The van der Waals surface area contributed by atoms with Crippen molar-refractivity contribution in [3.05, 3.63) is 27.9 Å². The third-order valence-electron chi connectivity index (χ3n) is 2.85. The predicted octanol–water partition coefficient (Wildman–Crippen LogP) is 1.24. The molecule has 6 nitrogen and oxygen atoms in total. The van der Waals surface area contributed by atoms with Crippen molar-refractivity contribution in [2.24, 2.45) is 0 Å². The number of aromatic nitrogens is 1. The van der Waals surface area contributed by atoms with E-state index in [1.54, 1.807) is 13.0 Å². The molecule has 1 aromatic rings. The Hall–Kier alpha value is -1.69. The molecule has 0 radical (unpaired) electrons. The van der Waals surface area contributed by atoms with Crippen molar-refractivity contribution in [2.45, 2.75) is 25.3 Å².